The first-order valence-electron chi connectivity index (χ1n) is 4.96. The van der Waals surface area contributed by atoms with Gasteiger partial charge in [0.05, 0.1) is 44.7 Å². The lowest BCUT2D eigenvalue weighted by Gasteiger charge is -1.98. The highest BCUT2D eigenvalue weighted by Crippen LogP contribution is 2.16. The molecule has 1 aromatic heterocycles. The smallest absolute Gasteiger partial charge is 0.331 e. The maximum atomic E-state index is 11.8. The molecular formula is C9H12N2O4. The summed E-state index contributed by atoms with van der Waals surface area (Å²) in [4.78, 5) is 11.8. The van der Waals surface area contributed by atoms with E-state index in [-0.39, 0.29) is 23.8 Å². The summed E-state index contributed by atoms with van der Waals surface area (Å²) >= 11 is 0. The molecule has 0 aliphatic carbocycles. The van der Waals surface area contributed by atoms with Gasteiger partial charge >= 0.3 is 5.69 Å². The van der Waals surface area contributed by atoms with Gasteiger partial charge in [-0.25, -0.2) is 4.79 Å². The second-order valence-electron chi connectivity index (χ2n) is 3.94. The Hall–Kier alpha value is -1.27. The molecule has 0 bridgehead atoms. The third kappa shape index (κ3) is 1.78. The molecule has 0 saturated carbocycles. The van der Waals surface area contributed by atoms with Gasteiger partial charge in [0.25, 0.3) is 0 Å². The first kappa shape index (κ1) is 8.99. The Morgan fingerprint density at radius 2 is 1.93 bits per heavy atom. The van der Waals surface area contributed by atoms with Crippen molar-refractivity contribution in [1.29, 1.82) is 0 Å². The fraction of sp³-hybridized carbons (Fsp3) is 0.667. The summed E-state index contributed by atoms with van der Waals surface area (Å²) in [6.45, 7) is 2.32. The molecule has 2 fully saturated rings. The van der Waals surface area contributed by atoms with Gasteiger partial charge in [-0.15, -0.1) is 0 Å². The maximum Gasteiger partial charge on any atom is 0.331 e. The van der Waals surface area contributed by atoms with Crippen LogP contribution in [0.25, 0.3) is 0 Å². The van der Waals surface area contributed by atoms with Crippen LogP contribution in [0.2, 0.25) is 0 Å². The molecule has 15 heavy (non-hydrogen) atoms. The van der Waals surface area contributed by atoms with Crippen molar-refractivity contribution in [2.45, 2.75) is 25.3 Å². The second-order valence-corrected chi connectivity index (χ2v) is 3.94. The van der Waals surface area contributed by atoms with Crippen LogP contribution in [0.15, 0.2) is 11.0 Å². The van der Waals surface area contributed by atoms with Crippen LogP contribution in [0.3, 0.4) is 0 Å². The van der Waals surface area contributed by atoms with Crippen molar-refractivity contribution in [2.75, 3.05) is 13.2 Å². The van der Waals surface area contributed by atoms with E-state index >= 15 is 0 Å². The van der Waals surface area contributed by atoms with Gasteiger partial charge < -0.3 is 14.6 Å². The van der Waals surface area contributed by atoms with Crippen molar-refractivity contribution in [3.63, 3.8) is 0 Å². The highest BCUT2D eigenvalue weighted by Gasteiger charge is 2.28. The second kappa shape index (κ2) is 3.11. The summed E-state index contributed by atoms with van der Waals surface area (Å²) in [6.07, 6.45) is 1.67. The SMILES string of the molecule is O=c1n(CC2CO2)cc(O)n1CC1CO1. The van der Waals surface area contributed by atoms with Crippen molar-refractivity contribution in [3.05, 3.63) is 16.7 Å². The molecule has 2 aliphatic heterocycles. The molecule has 82 valence electrons. The molecule has 0 radical (unpaired) electrons. The quantitative estimate of drug-likeness (QED) is 0.660. The lowest BCUT2D eigenvalue weighted by molar-refractivity contribution is 0.352. The van der Waals surface area contributed by atoms with Crippen LogP contribution in [0, 0.1) is 0 Å². The molecule has 3 rings (SSSR count). The monoisotopic (exact) mass is 212 g/mol. The zero-order chi connectivity index (χ0) is 10.4. The average Bonchev–Trinajstić information content (AvgIpc) is 3.06. The fourth-order valence-electron chi connectivity index (χ4n) is 1.59. The topological polar surface area (TPSA) is 72.2 Å². The van der Waals surface area contributed by atoms with Gasteiger partial charge in [0.2, 0.25) is 5.88 Å². The van der Waals surface area contributed by atoms with Gasteiger partial charge in [-0.3, -0.25) is 9.13 Å². The first-order valence-corrected chi connectivity index (χ1v) is 4.96. The predicted octanol–water partition coefficient (Wildman–Crippen LogP) is -0.847. The average molecular weight is 212 g/mol. The standard InChI is InChI=1S/C9H12N2O4/c12-8-3-10(1-6-4-14-6)9(13)11(8)2-7-5-15-7/h3,6-7,12H,1-2,4-5H2. The van der Waals surface area contributed by atoms with Gasteiger partial charge in [0.15, 0.2) is 0 Å². The maximum absolute atomic E-state index is 11.8. The zero-order valence-electron chi connectivity index (χ0n) is 8.13. The molecule has 6 heteroatoms. The van der Waals surface area contributed by atoms with Gasteiger partial charge in [-0.1, -0.05) is 0 Å². The number of hydrogen-bond donors (Lipinski definition) is 1. The van der Waals surface area contributed by atoms with Crippen LogP contribution in [-0.4, -0.2) is 39.7 Å². The molecule has 1 aromatic rings. The first-order chi connectivity index (χ1) is 7.24. The number of imidazole rings is 1. The van der Waals surface area contributed by atoms with Crippen LogP contribution in [0.5, 0.6) is 5.88 Å². The van der Waals surface area contributed by atoms with Gasteiger partial charge in [0.1, 0.15) is 0 Å². The van der Waals surface area contributed by atoms with Gasteiger partial charge in [-0.05, 0) is 0 Å². The number of hydrogen-bond acceptors (Lipinski definition) is 4. The van der Waals surface area contributed by atoms with Crippen LogP contribution in [0.4, 0.5) is 0 Å². The van der Waals surface area contributed by atoms with E-state index in [1.165, 1.54) is 15.3 Å². The summed E-state index contributed by atoms with van der Waals surface area (Å²) in [6, 6.07) is 0. The van der Waals surface area contributed by atoms with Crippen LogP contribution in [0.1, 0.15) is 0 Å². The van der Waals surface area contributed by atoms with Gasteiger partial charge in [-0.2, -0.15) is 0 Å². The minimum absolute atomic E-state index is 0.00356. The number of nitrogens with zero attached hydrogens (tertiary/aromatic N) is 2. The summed E-state index contributed by atoms with van der Waals surface area (Å²) in [5.74, 6) is -0.00356. The van der Waals surface area contributed by atoms with Crippen molar-refractivity contribution in [1.82, 2.24) is 9.13 Å². The van der Waals surface area contributed by atoms with Gasteiger partial charge in [0, 0.05) is 0 Å². The van der Waals surface area contributed by atoms with E-state index in [1.54, 1.807) is 0 Å². The number of aromatic hydroxyl groups is 1. The summed E-state index contributed by atoms with van der Waals surface area (Å²) < 4.78 is 12.9. The molecule has 6 nitrogen and oxygen atoms in total. The third-order valence-electron chi connectivity index (χ3n) is 2.62. The van der Waals surface area contributed by atoms with Crippen LogP contribution < -0.4 is 5.69 Å². The number of epoxide rings is 2. The molecule has 2 unspecified atom stereocenters. The predicted molar refractivity (Wildman–Crippen MR) is 49.8 cm³/mol. The molecule has 2 atom stereocenters. The number of ether oxygens (including phenoxy) is 2. The Bertz CT molecular complexity index is 428. The molecular weight excluding hydrogens is 200 g/mol. The summed E-state index contributed by atoms with van der Waals surface area (Å²) in [7, 11) is 0. The lowest BCUT2D eigenvalue weighted by Crippen LogP contribution is -2.27. The highest BCUT2D eigenvalue weighted by atomic mass is 16.6. The Morgan fingerprint density at radius 1 is 1.33 bits per heavy atom. The minimum atomic E-state index is -0.196. The Morgan fingerprint density at radius 3 is 2.53 bits per heavy atom. The Balaban J connectivity index is 1.84. The fourth-order valence-corrected chi connectivity index (χ4v) is 1.59. The molecule has 0 amide bonds. The van der Waals surface area contributed by atoms with Crippen molar-refractivity contribution in [2.24, 2.45) is 0 Å². The van der Waals surface area contributed by atoms with Crippen molar-refractivity contribution < 1.29 is 14.6 Å². The molecule has 2 aliphatic rings. The van der Waals surface area contributed by atoms with E-state index < -0.39 is 0 Å². The van der Waals surface area contributed by atoms with E-state index in [0.29, 0.717) is 26.3 Å². The Kier molecular flexibility index (Phi) is 1.86. The third-order valence-corrected chi connectivity index (χ3v) is 2.62. The zero-order valence-corrected chi connectivity index (χ0v) is 8.13. The molecule has 3 heterocycles. The molecule has 0 spiro atoms. The van der Waals surface area contributed by atoms with E-state index in [9.17, 15) is 9.90 Å². The Labute approximate surface area is 85.6 Å². The molecule has 1 N–H and O–H groups in total. The highest BCUT2D eigenvalue weighted by molar-refractivity contribution is 5.06. The van der Waals surface area contributed by atoms with Crippen molar-refractivity contribution >= 4 is 0 Å². The van der Waals surface area contributed by atoms with E-state index in [4.69, 9.17) is 9.47 Å². The molecule has 0 aromatic carbocycles. The largest absolute Gasteiger partial charge is 0.493 e. The van der Waals surface area contributed by atoms with Crippen LogP contribution in [-0.2, 0) is 22.6 Å². The minimum Gasteiger partial charge on any atom is -0.493 e. The summed E-state index contributed by atoms with van der Waals surface area (Å²) in [5, 5.41) is 9.57. The number of rotatable bonds is 4. The summed E-state index contributed by atoms with van der Waals surface area (Å²) in [5.41, 5.74) is -0.196. The number of aromatic nitrogens is 2. The lowest BCUT2D eigenvalue weighted by atomic mass is 10.5. The van der Waals surface area contributed by atoms with E-state index in [0.717, 1.165) is 0 Å². The normalized spacial score (nSPS) is 28.0. The van der Waals surface area contributed by atoms with Crippen LogP contribution >= 0.6 is 0 Å². The molecule has 2 saturated heterocycles. The van der Waals surface area contributed by atoms with E-state index in [2.05, 4.69) is 0 Å². The van der Waals surface area contributed by atoms with E-state index in [1.807, 2.05) is 0 Å². The van der Waals surface area contributed by atoms with Crippen molar-refractivity contribution in [3.8, 4) is 5.88 Å².